The molecular weight excluding hydrogens is 544 g/mol. The summed E-state index contributed by atoms with van der Waals surface area (Å²) in [5, 5.41) is 2.06. The zero-order chi connectivity index (χ0) is 29.6. The van der Waals surface area contributed by atoms with E-state index in [1.807, 2.05) is 60.7 Å². The smallest absolute Gasteiger partial charge is 0.143 e. The van der Waals surface area contributed by atoms with E-state index in [0.717, 1.165) is 89.8 Å². The Labute approximate surface area is 256 Å². The van der Waals surface area contributed by atoms with Crippen LogP contribution < -0.4 is 18.9 Å². The fourth-order valence-electron chi connectivity index (χ4n) is 6.26. The van der Waals surface area contributed by atoms with Crippen LogP contribution in [0.15, 0.2) is 133 Å². The van der Waals surface area contributed by atoms with Crippen molar-refractivity contribution >= 4 is 33.4 Å². The SMILES string of the molecule is COc1ccc(C2=C(c3ccccc3)Oc3ccc4c5c(ccc2c35)OC(c2ccccc2)=C4c2ccc(OC)cc2)cc1. The lowest BCUT2D eigenvalue weighted by Crippen LogP contribution is -2.12. The second-order valence-corrected chi connectivity index (χ2v) is 10.8. The van der Waals surface area contributed by atoms with Gasteiger partial charge in [-0.15, -0.1) is 0 Å². The fraction of sp³-hybridized carbons (Fsp3) is 0.0500. The minimum Gasteiger partial charge on any atom is -0.497 e. The molecule has 0 radical (unpaired) electrons. The average Bonchev–Trinajstić information content (AvgIpc) is 3.10. The van der Waals surface area contributed by atoms with Crippen molar-refractivity contribution in [3.05, 3.63) is 167 Å². The van der Waals surface area contributed by atoms with Gasteiger partial charge in [-0.05, 0) is 70.8 Å². The van der Waals surface area contributed by atoms with Crippen LogP contribution in [0.4, 0.5) is 0 Å². The highest BCUT2D eigenvalue weighted by molar-refractivity contribution is 6.17. The van der Waals surface area contributed by atoms with Crippen LogP contribution in [0.3, 0.4) is 0 Å². The summed E-state index contributed by atoms with van der Waals surface area (Å²) in [6, 6.07) is 45.4. The van der Waals surface area contributed by atoms with Crippen molar-refractivity contribution in [3.63, 3.8) is 0 Å². The molecule has 0 amide bonds. The molecule has 4 nitrogen and oxygen atoms in total. The molecule has 0 saturated heterocycles. The maximum Gasteiger partial charge on any atom is 0.143 e. The molecule has 6 aromatic rings. The Balaban J connectivity index is 1.42. The summed E-state index contributed by atoms with van der Waals surface area (Å²) in [7, 11) is 3.37. The Bertz CT molecular complexity index is 1940. The standard InChI is InChI=1S/C40H28O4/c1-41-29-17-13-25(14-18-29)35-31-21-23-34-38-32(22-24-33(37(31)38)43-39(35)27-9-5-3-6-10-27)36(26-15-19-30(42-2)20-16-26)40(44-34)28-11-7-4-8-12-28/h3-24H,1-2H3. The first-order valence-corrected chi connectivity index (χ1v) is 14.6. The Morgan fingerprint density at radius 3 is 1.14 bits per heavy atom. The van der Waals surface area contributed by atoms with E-state index in [0.29, 0.717) is 0 Å². The normalized spacial score (nSPS) is 13.4. The molecule has 0 fully saturated rings. The van der Waals surface area contributed by atoms with Crippen molar-refractivity contribution in [3.8, 4) is 23.0 Å². The molecule has 2 heterocycles. The third-order valence-corrected chi connectivity index (χ3v) is 8.33. The van der Waals surface area contributed by atoms with Gasteiger partial charge in [0.05, 0.1) is 14.2 Å². The molecule has 0 spiro atoms. The molecular formula is C40H28O4. The van der Waals surface area contributed by atoms with E-state index < -0.39 is 0 Å². The summed E-state index contributed by atoms with van der Waals surface area (Å²) in [5.41, 5.74) is 8.36. The molecule has 212 valence electrons. The molecule has 8 rings (SSSR count). The highest BCUT2D eigenvalue weighted by Gasteiger charge is 2.32. The third-order valence-electron chi connectivity index (χ3n) is 8.33. The summed E-state index contributed by atoms with van der Waals surface area (Å²) in [4.78, 5) is 0. The van der Waals surface area contributed by atoms with Crippen LogP contribution in [-0.2, 0) is 0 Å². The fourth-order valence-corrected chi connectivity index (χ4v) is 6.26. The molecule has 4 heteroatoms. The number of hydrogen-bond acceptors (Lipinski definition) is 4. The molecule has 0 bridgehead atoms. The zero-order valence-corrected chi connectivity index (χ0v) is 24.3. The number of hydrogen-bond donors (Lipinski definition) is 0. The van der Waals surface area contributed by atoms with Crippen molar-refractivity contribution in [2.75, 3.05) is 14.2 Å². The Morgan fingerprint density at radius 1 is 0.386 bits per heavy atom. The molecule has 6 aromatic carbocycles. The first-order valence-electron chi connectivity index (χ1n) is 14.6. The Morgan fingerprint density at radius 2 is 0.773 bits per heavy atom. The summed E-state index contributed by atoms with van der Waals surface area (Å²) in [5.74, 6) is 4.86. The second kappa shape index (κ2) is 10.5. The van der Waals surface area contributed by atoms with Crippen molar-refractivity contribution in [2.24, 2.45) is 0 Å². The van der Waals surface area contributed by atoms with E-state index in [4.69, 9.17) is 18.9 Å². The van der Waals surface area contributed by atoms with Crippen molar-refractivity contribution < 1.29 is 18.9 Å². The number of ether oxygens (including phenoxy) is 4. The molecule has 2 aliphatic heterocycles. The van der Waals surface area contributed by atoms with Gasteiger partial charge in [0, 0.05) is 33.0 Å². The van der Waals surface area contributed by atoms with Gasteiger partial charge in [0.15, 0.2) is 0 Å². The van der Waals surface area contributed by atoms with Crippen LogP contribution >= 0.6 is 0 Å². The van der Waals surface area contributed by atoms with Crippen LogP contribution in [0.5, 0.6) is 23.0 Å². The lowest BCUT2D eigenvalue weighted by atomic mass is 9.83. The molecule has 2 aliphatic rings. The van der Waals surface area contributed by atoms with Crippen molar-refractivity contribution in [2.45, 2.75) is 0 Å². The maximum atomic E-state index is 6.84. The van der Waals surface area contributed by atoms with Crippen molar-refractivity contribution in [1.29, 1.82) is 0 Å². The largest absolute Gasteiger partial charge is 0.497 e. The first kappa shape index (κ1) is 25.9. The van der Waals surface area contributed by atoms with Gasteiger partial charge < -0.3 is 18.9 Å². The second-order valence-electron chi connectivity index (χ2n) is 10.8. The predicted molar refractivity (Wildman–Crippen MR) is 176 cm³/mol. The maximum absolute atomic E-state index is 6.84. The van der Waals surface area contributed by atoms with E-state index in [-0.39, 0.29) is 0 Å². The van der Waals surface area contributed by atoms with E-state index in [1.54, 1.807) is 14.2 Å². The van der Waals surface area contributed by atoms with Gasteiger partial charge in [-0.1, -0.05) is 84.9 Å². The lowest BCUT2D eigenvalue weighted by molar-refractivity contribution is 0.414. The van der Waals surface area contributed by atoms with E-state index in [1.165, 1.54) is 0 Å². The van der Waals surface area contributed by atoms with Crippen LogP contribution in [0.2, 0.25) is 0 Å². The molecule has 0 aromatic heterocycles. The summed E-state index contributed by atoms with van der Waals surface area (Å²) < 4.78 is 24.6. The molecule has 0 N–H and O–H groups in total. The van der Waals surface area contributed by atoms with Crippen LogP contribution in [0.25, 0.3) is 33.4 Å². The summed E-state index contributed by atoms with van der Waals surface area (Å²) in [6.45, 7) is 0. The first-order chi connectivity index (χ1) is 21.7. The van der Waals surface area contributed by atoms with Gasteiger partial charge in [0.2, 0.25) is 0 Å². The van der Waals surface area contributed by atoms with E-state index >= 15 is 0 Å². The molecule has 0 atom stereocenters. The number of benzene rings is 6. The minimum atomic E-state index is 0.803. The van der Waals surface area contributed by atoms with Crippen molar-refractivity contribution in [1.82, 2.24) is 0 Å². The molecule has 0 aliphatic carbocycles. The van der Waals surface area contributed by atoms with Crippen LogP contribution in [0, 0.1) is 0 Å². The quantitative estimate of drug-likeness (QED) is 0.199. The predicted octanol–water partition coefficient (Wildman–Crippen LogP) is 9.47. The topological polar surface area (TPSA) is 36.9 Å². The molecule has 44 heavy (non-hydrogen) atoms. The van der Waals surface area contributed by atoms with Gasteiger partial charge in [-0.3, -0.25) is 0 Å². The Kier molecular flexibility index (Phi) is 6.20. The molecule has 0 unspecified atom stereocenters. The third kappa shape index (κ3) is 4.15. The Hall–Kier alpha value is -5.74. The van der Waals surface area contributed by atoms with Gasteiger partial charge in [0.1, 0.15) is 34.5 Å². The zero-order valence-electron chi connectivity index (χ0n) is 24.3. The summed E-state index contributed by atoms with van der Waals surface area (Å²) in [6.07, 6.45) is 0. The van der Waals surface area contributed by atoms with Crippen LogP contribution in [-0.4, -0.2) is 14.2 Å². The van der Waals surface area contributed by atoms with Gasteiger partial charge in [0.25, 0.3) is 0 Å². The lowest BCUT2D eigenvalue weighted by Gasteiger charge is -2.30. The monoisotopic (exact) mass is 572 g/mol. The van der Waals surface area contributed by atoms with Crippen LogP contribution in [0.1, 0.15) is 33.4 Å². The average molecular weight is 573 g/mol. The summed E-state index contributed by atoms with van der Waals surface area (Å²) >= 11 is 0. The van der Waals surface area contributed by atoms with Gasteiger partial charge in [-0.2, -0.15) is 0 Å². The number of rotatable bonds is 6. The number of methoxy groups -OCH3 is 2. The van der Waals surface area contributed by atoms with Gasteiger partial charge >= 0.3 is 0 Å². The van der Waals surface area contributed by atoms with E-state index in [9.17, 15) is 0 Å². The highest BCUT2D eigenvalue weighted by atomic mass is 16.5. The minimum absolute atomic E-state index is 0.803. The molecule has 0 saturated carbocycles. The highest BCUT2D eigenvalue weighted by Crippen LogP contribution is 2.53. The van der Waals surface area contributed by atoms with E-state index in [2.05, 4.69) is 72.8 Å². The van der Waals surface area contributed by atoms with Gasteiger partial charge in [-0.25, -0.2) is 0 Å².